The number of rotatable bonds is 5. The third-order valence-corrected chi connectivity index (χ3v) is 3.39. The molecule has 4 N–H and O–H groups in total. The number of hydrogen-bond donors (Lipinski definition) is 3. The van der Waals surface area contributed by atoms with Crippen LogP contribution in [0.4, 0.5) is 11.4 Å². The van der Waals surface area contributed by atoms with Gasteiger partial charge in [-0.3, -0.25) is 9.69 Å². The van der Waals surface area contributed by atoms with Gasteiger partial charge in [-0.2, -0.15) is 0 Å². The Bertz CT molecular complexity index is 458. The van der Waals surface area contributed by atoms with Crippen LogP contribution in [0.25, 0.3) is 0 Å². The van der Waals surface area contributed by atoms with Crippen LogP contribution in [0.5, 0.6) is 0 Å². The largest absolute Gasteiger partial charge is 0.397 e. The number of nitrogens with zero attached hydrogens (tertiary/aromatic N) is 1. The highest BCUT2D eigenvalue weighted by Gasteiger charge is 2.10. The van der Waals surface area contributed by atoms with Gasteiger partial charge < -0.3 is 21.1 Å². The predicted octanol–water partition coefficient (Wildman–Crippen LogP) is 0.373. The Hall–Kier alpha value is -1.79. The van der Waals surface area contributed by atoms with Crippen molar-refractivity contribution in [2.24, 2.45) is 0 Å². The molecule has 1 aromatic rings. The molecule has 2 rings (SSSR count). The summed E-state index contributed by atoms with van der Waals surface area (Å²) in [6, 6.07) is 5.26. The van der Waals surface area contributed by atoms with Crippen LogP contribution in [0.3, 0.4) is 0 Å². The first-order valence-electron chi connectivity index (χ1n) is 6.86. The highest BCUT2D eigenvalue weighted by atomic mass is 16.5. The van der Waals surface area contributed by atoms with Crippen LogP contribution in [0.15, 0.2) is 18.2 Å². The van der Waals surface area contributed by atoms with Gasteiger partial charge >= 0.3 is 0 Å². The average molecular weight is 278 g/mol. The summed E-state index contributed by atoms with van der Waals surface area (Å²) >= 11 is 0. The Labute approximate surface area is 119 Å². The predicted molar refractivity (Wildman–Crippen MR) is 80.0 cm³/mol. The fourth-order valence-electron chi connectivity index (χ4n) is 2.17. The second kappa shape index (κ2) is 7.12. The Morgan fingerprint density at radius 1 is 1.40 bits per heavy atom. The molecule has 6 nitrogen and oxygen atoms in total. The smallest absolute Gasteiger partial charge is 0.251 e. The first-order valence-corrected chi connectivity index (χ1v) is 6.86. The summed E-state index contributed by atoms with van der Waals surface area (Å²) < 4.78 is 5.31. The van der Waals surface area contributed by atoms with Gasteiger partial charge in [0.05, 0.1) is 24.6 Å². The van der Waals surface area contributed by atoms with Gasteiger partial charge in [0.25, 0.3) is 5.91 Å². The number of morpholine rings is 1. The van der Waals surface area contributed by atoms with E-state index in [2.05, 4.69) is 15.5 Å². The molecule has 1 aliphatic heterocycles. The van der Waals surface area contributed by atoms with E-state index in [9.17, 15) is 4.79 Å². The maximum Gasteiger partial charge on any atom is 0.251 e. The van der Waals surface area contributed by atoms with Crippen molar-refractivity contribution < 1.29 is 9.53 Å². The Morgan fingerprint density at radius 3 is 2.85 bits per heavy atom. The van der Waals surface area contributed by atoms with E-state index in [4.69, 9.17) is 10.5 Å². The molecule has 1 heterocycles. The second-order valence-corrected chi connectivity index (χ2v) is 4.76. The number of ether oxygens (including phenoxy) is 1. The Balaban J connectivity index is 1.89. The van der Waals surface area contributed by atoms with Gasteiger partial charge in [-0.05, 0) is 18.2 Å². The molecule has 20 heavy (non-hydrogen) atoms. The van der Waals surface area contributed by atoms with Gasteiger partial charge in [-0.25, -0.2) is 0 Å². The molecule has 6 heteroatoms. The molecular weight excluding hydrogens is 256 g/mol. The lowest BCUT2D eigenvalue weighted by molar-refractivity contribution is 0.0398. The van der Waals surface area contributed by atoms with E-state index < -0.39 is 0 Å². The molecule has 1 saturated heterocycles. The van der Waals surface area contributed by atoms with Gasteiger partial charge in [-0.1, -0.05) is 0 Å². The molecule has 0 radical (unpaired) electrons. The van der Waals surface area contributed by atoms with Gasteiger partial charge in [0, 0.05) is 38.8 Å². The van der Waals surface area contributed by atoms with Crippen LogP contribution in [0, 0.1) is 0 Å². The van der Waals surface area contributed by atoms with E-state index in [0.717, 1.165) is 45.1 Å². The lowest BCUT2D eigenvalue weighted by Gasteiger charge is -2.26. The zero-order valence-corrected chi connectivity index (χ0v) is 11.8. The Morgan fingerprint density at radius 2 is 2.15 bits per heavy atom. The number of carbonyl (C=O) groups excluding carboxylic acids is 1. The molecule has 1 aliphatic rings. The van der Waals surface area contributed by atoms with Gasteiger partial charge in [0.2, 0.25) is 0 Å². The molecule has 1 aromatic carbocycles. The normalized spacial score (nSPS) is 15.8. The third-order valence-electron chi connectivity index (χ3n) is 3.39. The van der Waals surface area contributed by atoms with E-state index in [1.165, 1.54) is 0 Å². The first kappa shape index (κ1) is 14.6. The van der Waals surface area contributed by atoms with Gasteiger partial charge in [-0.15, -0.1) is 0 Å². The van der Waals surface area contributed by atoms with Gasteiger partial charge in [0.1, 0.15) is 0 Å². The number of nitrogens with one attached hydrogen (secondary N) is 2. The average Bonchev–Trinajstić information content (AvgIpc) is 2.49. The van der Waals surface area contributed by atoms with Crippen molar-refractivity contribution in [2.75, 3.05) is 57.5 Å². The summed E-state index contributed by atoms with van der Waals surface area (Å²) in [6.45, 7) is 5.27. The number of hydrogen-bond acceptors (Lipinski definition) is 5. The summed E-state index contributed by atoms with van der Waals surface area (Å²) in [4.78, 5) is 13.9. The van der Waals surface area contributed by atoms with E-state index >= 15 is 0 Å². The number of carbonyl (C=O) groups is 1. The highest BCUT2D eigenvalue weighted by molar-refractivity contribution is 5.96. The van der Waals surface area contributed by atoms with E-state index in [-0.39, 0.29) is 5.91 Å². The standard InChI is InChI=1S/C14H22N4O2/c1-16-14(19)11-2-3-12(15)13(10-11)17-4-5-18-6-8-20-9-7-18/h2-3,10,17H,4-9,15H2,1H3,(H,16,19). The number of amides is 1. The van der Waals surface area contributed by atoms with Crippen molar-refractivity contribution in [3.63, 3.8) is 0 Å². The number of nitrogen functional groups attached to an aromatic ring is 1. The number of nitrogens with two attached hydrogens (primary N) is 1. The Kier molecular flexibility index (Phi) is 5.20. The summed E-state index contributed by atoms with van der Waals surface area (Å²) in [6.07, 6.45) is 0. The lowest BCUT2D eigenvalue weighted by Crippen LogP contribution is -2.39. The van der Waals surface area contributed by atoms with Crippen molar-refractivity contribution in [1.29, 1.82) is 0 Å². The van der Waals surface area contributed by atoms with Crippen LogP contribution in [-0.2, 0) is 4.74 Å². The maximum atomic E-state index is 11.6. The minimum atomic E-state index is -0.110. The SMILES string of the molecule is CNC(=O)c1ccc(N)c(NCCN2CCOCC2)c1. The molecule has 0 aliphatic carbocycles. The van der Waals surface area contributed by atoms with Crippen LogP contribution in [-0.4, -0.2) is 57.2 Å². The quantitative estimate of drug-likeness (QED) is 0.678. The fraction of sp³-hybridized carbons (Fsp3) is 0.500. The van der Waals surface area contributed by atoms with Crippen LogP contribution < -0.4 is 16.4 Å². The molecular formula is C14H22N4O2. The molecule has 0 atom stereocenters. The zero-order valence-electron chi connectivity index (χ0n) is 11.8. The molecule has 0 unspecified atom stereocenters. The fourth-order valence-corrected chi connectivity index (χ4v) is 2.17. The zero-order chi connectivity index (χ0) is 14.4. The minimum Gasteiger partial charge on any atom is -0.397 e. The third kappa shape index (κ3) is 3.85. The van der Waals surface area contributed by atoms with Crippen LogP contribution in [0.1, 0.15) is 10.4 Å². The lowest BCUT2D eigenvalue weighted by atomic mass is 10.1. The monoisotopic (exact) mass is 278 g/mol. The summed E-state index contributed by atoms with van der Waals surface area (Å²) in [5.74, 6) is -0.110. The topological polar surface area (TPSA) is 79.6 Å². The van der Waals surface area contributed by atoms with E-state index in [1.807, 2.05) is 0 Å². The molecule has 0 spiro atoms. The minimum absolute atomic E-state index is 0.110. The molecule has 0 saturated carbocycles. The van der Waals surface area contributed by atoms with Crippen molar-refractivity contribution >= 4 is 17.3 Å². The highest BCUT2D eigenvalue weighted by Crippen LogP contribution is 2.19. The molecule has 0 bridgehead atoms. The van der Waals surface area contributed by atoms with Gasteiger partial charge in [0.15, 0.2) is 0 Å². The molecule has 110 valence electrons. The molecule has 0 aromatic heterocycles. The first-order chi connectivity index (χ1) is 9.70. The summed E-state index contributed by atoms with van der Waals surface area (Å²) in [7, 11) is 1.62. The van der Waals surface area contributed by atoms with Crippen molar-refractivity contribution in [3.8, 4) is 0 Å². The van der Waals surface area contributed by atoms with E-state index in [0.29, 0.717) is 11.3 Å². The van der Waals surface area contributed by atoms with E-state index in [1.54, 1.807) is 25.2 Å². The molecule has 1 fully saturated rings. The van der Waals surface area contributed by atoms with Crippen molar-refractivity contribution in [2.45, 2.75) is 0 Å². The van der Waals surface area contributed by atoms with Crippen LogP contribution >= 0.6 is 0 Å². The van der Waals surface area contributed by atoms with Crippen molar-refractivity contribution in [1.82, 2.24) is 10.2 Å². The molecule has 1 amide bonds. The maximum absolute atomic E-state index is 11.6. The summed E-state index contributed by atoms with van der Waals surface area (Å²) in [5, 5.41) is 5.90. The van der Waals surface area contributed by atoms with Crippen LogP contribution in [0.2, 0.25) is 0 Å². The number of anilines is 2. The second-order valence-electron chi connectivity index (χ2n) is 4.76. The summed E-state index contributed by atoms with van der Waals surface area (Å²) in [5.41, 5.74) is 7.99. The van der Waals surface area contributed by atoms with Crippen molar-refractivity contribution in [3.05, 3.63) is 23.8 Å². The number of benzene rings is 1.